The fourth-order valence-electron chi connectivity index (χ4n) is 3.21. The van der Waals surface area contributed by atoms with Crippen LogP contribution in [0.2, 0.25) is 5.02 Å². The number of aliphatic imine (C=N–C) groups is 1. The van der Waals surface area contributed by atoms with Crippen molar-refractivity contribution in [1.82, 2.24) is 4.98 Å². The van der Waals surface area contributed by atoms with Crippen molar-refractivity contribution in [2.45, 2.75) is 31.0 Å². The van der Waals surface area contributed by atoms with E-state index < -0.39 is 64.1 Å². The summed E-state index contributed by atoms with van der Waals surface area (Å²) in [7, 11) is 0. The van der Waals surface area contributed by atoms with Crippen LogP contribution in [-0.2, 0) is 22.9 Å². The lowest BCUT2D eigenvalue weighted by atomic mass is 9.84. The molecule has 0 bridgehead atoms. The number of aromatic nitrogens is 1. The Bertz CT molecular complexity index is 1090. The summed E-state index contributed by atoms with van der Waals surface area (Å²) in [6, 6.07) is 3.65. The zero-order valence-corrected chi connectivity index (χ0v) is 17.2. The number of carbonyl (C=O) groups excluding carboxylic acids is 1. The second-order valence-corrected chi connectivity index (χ2v) is 7.75. The summed E-state index contributed by atoms with van der Waals surface area (Å²) in [5.74, 6) is -5.68. The number of carbonyl (C=O) groups is 1. The van der Waals surface area contributed by atoms with E-state index in [1.165, 1.54) is 6.07 Å². The van der Waals surface area contributed by atoms with Crippen molar-refractivity contribution in [1.29, 1.82) is 0 Å². The van der Waals surface area contributed by atoms with Crippen molar-refractivity contribution in [2.75, 3.05) is 13.2 Å². The van der Waals surface area contributed by atoms with Gasteiger partial charge in [-0.05, 0) is 30.7 Å². The minimum absolute atomic E-state index is 0.0973. The van der Waals surface area contributed by atoms with Crippen LogP contribution in [0.4, 0.5) is 26.3 Å². The number of Topliss-reactive ketones (excluding diaryl/α,β-unsaturated/α-hetero) is 1. The molecule has 0 radical (unpaired) electrons. The molecule has 1 aromatic carbocycles. The number of rotatable bonds is 4. The Morgan fingerprint density at radius 1 is 1.28 bits per heavy atom. The molecule has 3 rings (SSSR count). The SMILES string of the molecule is C[C@]1(c2cc(CC(=O)c3ncc(C(F)(F)F)cc3Cl)ccc2F)N=C(N)COCC1(F)F. The van der Waals surface area contributed by atoms with E-state index in [0.29, 0.717) is 12.3 Å². The van der Waals surface area contributed by atoms with Gasteiger partial charge in [-0.2, -0.15) is 13.2 Å². The molecule has 1 aliphatic heterocycles. The van der Waals surface area contributed by atoms with Crippen molar-refractivity contribution < 1.29 is 35.9 Å². The number of amidine groups is 1. The highest BCUT2D eigenvalue weighted by Crippen LogP contribution is 2.43. The predicted molar refractivity (Wildman–Crippen MR) is 103 cm³/mol. The van der Waals surface area contributed by atoms with Crippen LogP contribution in [0.15, 0.2) is 35.5 Å². The van der Waals surface area contributed by atoms with Crippen LogP contribution in [0.25, 0.3) is 0 Å². The Balaban J connectivity index is 1.96. The Hall–Kier alpha value is -2.66. The molecule has 0 saturated heterocycles. The largest absolute Gasteiger partial charge is 0.417 e. The van der Waals surface area contributed by atoms with Gasteiger partial charge in [0.05, 0.1) is 10.6 Å². The first kappa shape index (κ1) is 24.0. The zero-order chi connectivity index (χ0) is 23.9. The average molecular weight is 480 g/mol. The minimum atomic E-state index is -4.70. The molecule has 2 aromatic rings. The van der Waals surface area contributed by atoms with Crippen molar-refractivity contribution in [3.8, 4) is 0 Å². The molecule has 1 aromatic heterocycles. The molecular formula is C20H16ClF6N3O2. The smallest absolute Gasteiger partial charge is 0.385 e. The van der Waals surface area contributed by atoms with Crippen LogP contribution in [0, 0.1) is 5.82 Å². The van der Waals surface area contributed by atoms with Crippen molar-refractivity contribution >= 4 is 23.2 Å². The van der Waals surface area contributed by atoms with E-state index in [4.69, 9.17) is 22.1 Å². The number of ether oxygens (including phenoxy) is 1. The maximum Gasteiger partial charge on any atom is 0.417 e. The van der Waals surface area contributed by atoms with Crippen LogP contribution in [0.5, 0.6) is 0 Å². The van der Waals surface area contributed by atoms with Gasteiger partial charge in [-0.15, -0.1) is 0 Å². The quantitative estimate of drug-likeness (QED) is 0.515. The molecule has 0 unspecified atom stereocenters. The summed E-state index contributed by atoms with van der Waals surface area (Å²) < 4.78 is 87.1. The first-order valence-corrected chi connectivity index (χ1v) is 9.47. The Morgan fingerprint density at radius 2 is 1.97 bits per heavy atom. The summed E-state index contributed by atoms with van der Waals surface area (Å²) in [6.45, 7) is -0.419. The number of ketones is 1. The average Bonchev–Trinajstić information content (AvgIpc) is 2.77. The highest BCUT2D eigenvalue weighted by Gasteiger charge is 2.54. The Morgan fingerprint density at radius 3 is 2.59 bits per heavy atom. The van der Waals surface area contributed by atoms with Gasteiger partial charge in [-0.1, -0.05) is 17.7 Å². The van der Waals surface area contributed by atoms with Crippen LogP contribution >= 0.6 is 11.6 Å². The molecule has 5 nitrogen and oxygen atoms in total. The molecule has 0 amide bonds. The lowest BCUT2D eigenvalue weighted by Crippen LogP contribution is -2.45. The minimum Gasteiger partial charge on any atom is -0.385 e. The third-order valence-electron chi connectivity index (χ3n) is 4.97. The number of alkyl halides is 5. The lowest BCUT2D eigenvalue weighted by molar-refractivity contribution is -0.137. The fraction of sp³-hybridized carbons (Fsp3) is 0.350. The van der Waals surface area contributed by atoms with Crippen LogP contribution in [-0.4, -0.2) is 35.7 Å². The molecule has 1 atom stereocenters. The molecular weight excluding hydrogens is 464 g/mol. The van der Waals surface area contributed by atoms with Gasteiger partial charge < -0.3 is 10.5 Å². The van der Waals surface area contributed by atoms with E-state index in [2.05, 4.69) is 9.98 Å². The van der Waals surface area contributed by atoms with E-state index >= 15 is 0 Å². The van der Waals surface area contributed by atoms with Crippen LogP contribution in [0.1, 0.15) is 34.1 Å². The molecule has 172 valence electrons. The number of hydrogen-bond donors (Lipinski definition) is 1. The topological polar surface area (TPSA) is 77.6 Å². The number of halogens is 7. The number of hydrogen-bond acceptors (Lipinski definition) is 5. The van der Waals surface area contributed by atoms with Gasteiger partial charge in [0.1, 0.15) is 30.6 Å². The Kier molecular flexibility index (Phi) is 6.27. The monoisotopic (exact) mass is 479 g/mol. The molecule has 0 spiro atoms. The van der Waals surface area contributed by atoms with Gasteiger partial charge in [-0.3, -0.25) is 14.8 Å². The van der Waals surface area contributed by atoms with Gasteiger partial charge in [0, 0.05) is 18.2 Å². The number of nitrogens with zero attached hydrogens (tertiary/aromatic N) is 2. The molecule has 0 aliphatic carbocycles. The molecule has 0 fully saturated rings. The second kappa shape index (κ2) is 8.36. The maximum absolute atomic E-state index is 14.8. The summed E-state index contributed by atoms with van der Waals surface area (Å²) in [4.78, 5) is 19.8. The summed E-state index contributed by atoms with van der Waals surface area (Å²) >= 11 is 5.78. The third kappa shape index (κ3) is 4.58. The van der Waals surface area contributed by atoms with Crippen LogP contribution in [0.3, 0.4) is 0 Å². The third-order valence-corrected chi connectivity index (χ3v) is 5.25. The number of nitrogens with two attached hydrogens (primary N) is 1. The zero-order valence-electron chi connectivity index (χ0n) is 16.4. The first-order valence-electron chi connectivity index (χ1n) is 9.09. The van der Waals surface area contributed by atoms with E-state index in [1.807, 2.05) is 0 Å². The molecule has 2 heterocycles. The maximum atomic E-state index is 14.8. The van der Waals surface area contributed by atoms with Gasteiger partial charge in [-0.25, -0.2) is 13.2 Å². The van der Waals surface area contributed by atoms with Crippen molar-refractivity contribution in [3.05, 3.63) is 63.7 Å². The predicted octanol–water partition coefficient (Wildman–Crippen LogP) is 4.56. The molecule has 12 heteroatoms. The highest BCUT2D eigenvalue weighted by molar-refractivity contribution is 6.33. The molecule has 32 heavy (non-hydrogen) atoms. The standard InChI is InChI=1S/C20H16ClF6N3O2/c1-18(19(23,24)9-32-8-16(28)30-18)12-4-10(2-3-14(12)22)5-15(31)17-13(21)6-11(7-29-17)20(25,26)27/h2-4,6-7H,5,8-9H2,1H3,(H2,28,30)/t18-/m1/s1. The van der Waals surface area contributed by atoms with E-state index in [-0.39, 0.29) is 18.0 Å². The van der Waals surface area contributed by atoms with E-state index in [0.717, 1.165) is 19.1 Å². The number of benzene rings is 1. The highest BCUT2D eigenvalue weighted by atomic mass is 35.5. The summed E-state index contributed by atoms with van der Waals surface area (Å²) in [6.07, 6.45) is -4.72. The van der Waals surface area contributed by atoms with E-state index in [1.54, 1.807) is 0 Å². The summed E-state index contributed by atoms with van der Waals surface area (Å²) in [5, 5.41) is -0.524. The van der Waals surface area contributed by atoms with Crippen molar-refractivity contribution in [3.63, 3.8) is 0 Å². The normalized spacial score (nSPS) is 21.1. The number of pyridine rings is 1. The molecule has 1 aliphatic rings. The molecule has 2 N–H and O–H groups in total. The Labute approximate surface area is 183 Å². The fourth-order valence-corrected chi connectivity index (χ4v) is 3.48. The van der Waals surface area contributed by atoms with Crippen molar-refractivity contribution in [2.24, 2.45) is 10.7 Å². The second-order valence-electron chi connectivity index (χ2n) is 7.34. The summed E-state index contributed by atoms with van der Waals surface area (Å²) in [5.41, 5.74) is 1.17. The van der Waals surface area contributed by atoms with Gasteiger partial charge in [0.15, 0.2) is 11.3 Å². The van der Waals surface area contributed by atoms with Gasteiger partial charge >= 0.3 is 6.18 Å². The lowest BCUT2D eigenvalue weighted by Gasteiger charge is -2.33. The van der Waals surface area contributed by atoms with E-state index in [9.17, 15) is 31.1 Å². The molecule has 0 saturated carbocycles. The van der Waals surface area contributed by atoms with Gasteiger partial charge in [0.25, 0.3) is 5.92 Å². The van der Waals surface area contributed by atoms with Gasteiger partial charge in [0.2, 0.25) is 0 Å². The van der Waals surface area contributed by atoms with Crippen LogP contribution < -0.4 is 5.73 Å². The first-order chi connectivity index (χ1) is 14.7.